The minimum atomic E-state index is -0.321. The maximum atomic E-state index is 6.04. The van der Waals surface area contributed by atoms with Crippen LogP contribution in [0.3, 0.4) is 0 Å². The second kappa shape index (κ2) is 8.47. The quantitative estimate of drug-likeness (QED) is 0.290. The van der Waals surface area contributed by atoms with E-state index in [1.165, 1.54) is 10.9 Å². The Balaban J connectivity index is 1.17. The Labute approximate surface area is 179 Å². The summed E-state index contributed by atoms with van der Waals surface area (Å²) in [5, 5.41) is 7.78. The minimum absolute atomic E-state index is 0.321. The first-order valence-electron chi connectivity index (χ1n) is 9.83. The number of aromatic amines is 1. The zero-order valence-corrected chi connectivity index (χ0v) is 17.1. The fraction of sp³-hybridized carbons (Fsp3) is 0.0833. The lowest BCUT2D eigenvalue weighted by Crippen LogP contribution is -2.30. The Morgan fingerprint density at radius 1 is 0.867 bits per heavy atom. The summed E-state index contributed by atoms with van der Waals surface area (Å²) in [4.78, 5) is 3.39. The zero-order valence-electron chi connectivity index (χ0n) is 16.3. The highest BCUT2D eigenvalue weighted by Crippen LogP contribution is 2.26. The molecule has 6 heteroatoms. The van der Waals surface area contributed by atoms with Gasteiger partial charge in [0, 0.05) is 34.2 Å². The molecule has 1 atom stereocenters. The minimum Gasteiger partial charge on any atom is -0.449 e. The number of fused-ring (bicyclic) bond motifs is 1. The van der Waals surface area contributed by atoms with E-state index < -0.39 is 0 Å². The number of nitrogens with one attached hydrogen (secondary N) is 4. The number of hydrogen-bond acceptors (Lipinski definition) is 5. The molecule has 5 rings (SSSR count). The van der Waals surface area contributed by atoms with Crippen LogP contribution in [0.25, 0.3) is 16.7 Å². The molecule has 0 spiro atoms. The summed E-state index contributed by atoms with van der Waals surface area (Å²) >= 11 is 1.67. The predicted octanol–water partition coefficient (Wildman–Crippen LogP) is 5.74. The molecule has 0 fully saturated rings. The lowest BCUT2D eigenvalue weighted by molar-refractivity contribution is 0.199. The number of benzene rings is 3. The van der Waals surface area contributed by atoms with E-state index in [4.69, 9.17) is 4.74 Å². The van der Waals surface area contributed by atoms with E-state index in [1.54, 1.807) is 11.9 Å². The van der Waals surface area contributed by atoms with Gasteiger partial charge in [0.25, 0.3) is 0 Å². The smallest absolute Gasteiger partial charge is 0.248 e. The molecule has 1 aromatic heterocycles. The Morgan fingerprint density at radius 3 is 2.60 bits per heavy atom. The molecule has 0 radical (unpaired) electrons. The standard InChI is InChI=1S/C24H22N4OS/c1-2-7-17(8-3-1)16-30-28-20-11-6-10-19(14-20)26-24-25-15-23(29-24)22-13-18-9-4-5-12-21(18)27-22/h1-15,24-28H,16H2. The van der Waals surface area contributed by atoms with Gasteiger partial charge >= 0.3 is 0 Å². The topological polar surface area (TPSA) is 61.1 Å². The average molecular weight is 415 g/mol. The molecule has 0 saturated carbocycles. The van der Waals surface area contributed by atoms with E-state index in [9.17, 15) is 0 Å². The van der Waals surface area contributed by atoms with Crippen LogP contribution >= 0.6 is 11.9 Å². The van der Waals surface area contributed by atoms with Crippen LogP contribution in [0.2, 0.25) is 0 Å². The highest BCUT2D eigenvalue weighted by Gasteiger charge is 2.19. The van der Waals surface area contributed by atoms with Crippen molar-refractivity contribution in [3.63, 3.8) is 0 Å². The van der Waals surface area contributed by atoms with E-state index in [0.717, 1.165) is 34.1 Å². The van der Waals surface area contributed by atoms with Crippen molar-refractivity contribution in [2.45, 2.75) is 12.1 Å². The number of anilines is 2. The number of ether oxygens (including phenoxy) is 1. The zero-order chi connectivity index (χ0) is 20.2. The molecule has 2 heterocycles. The average Bonchev–Trinajstić information content (AvgIpc) is 3.42. The normalized spacial score (nSPS) is 15.3. The summed E-state index contributed by atoms with van der Waals surface area (Å²) in [6, 6.07) is 28.9. The summed E-state index contributed by atoms with van der Waals surface area (Å²) in [7, 11) is 0. The van der Waals surface area contributed by atoms with Gasteiger partial charge in [-0.3, -0.25) is 0 Å². The van der Waals surface area contributed by atoms with Gasteiger partial charge in [-0.05, 0) is 47.8 Å². The molecule has 4 aromatic rings. The summed E-state index contributed by atoms with van der Waals surface area (Å²) < 4.78 is 9.45. The molecule has 0 aliphatic carbocycles. The van der Waals surface area contributed by atoms with Crippen molar-refractivity contribution < 1.29 is 4.74 Å². The van der Waals surface area contributed by atoms with E-state index in [-0.39, 0.29) is 6.35 Å². The van der Waals surface area contributed by atoms with Crippen molar-refractivity contribution in [1.29, 1.82) is 0 Å². The van der Waals surface area contributed by atoms with E-state index in [0.29, 0.717) is 0 Å². The molecule has 0 amide bonds. The van der Waals surface area contributed by atoms with Gasteiger partial charge in [-0.2, -0.15) is 0 Å². The van der Waals surface area contributed by atoms with Gasteiger partial charge in [0.2, 0.25) is 6.35 Å². The Bertz CT molecular complexity index is 1140. The molecule has 3 aromatic carbocycles. The van der Waals surface area contributed by atoms with Crippen molar-refractivity contribution in [1.82, 2.24) is 10.3 Å². The highest BCUT2D eigenvalue weighted by molar-refractivity contribution is 7.99. The largest absolute Gasteiger partial charge is 0.449 e. The molecule has 1 unspecified atom stereocenters. The first-order chi connectivity index (χ1) is 14.8. The molecule has 0 bridgehead atoms. The van der Waals surface area contributed by atoms with E-state index >= 15 is 0 Å². The molecule has 1 aliphatic rings. The third-order valence-corrected chi connectivity index (χ3v) is 5.70. The summed E-state index contributed by atoms with van der Waals surface area (Å²) in [6.07, 6.45) is 1.57. The third-order valence-electron chi connectivity index (χ3n) is 4.84. The number of H-pyrrole nitrogens is 1. The second-order valence-electron chi connectivity index (χ2n) is 7.04. The van der Waals surface area contributed by atoms with Gasteiger partial charge in [-0.25, -0.2) is 0 Å². The van der Waals surface area contributed by atoms with Crippen molar-refractivity contribution in [3.8, 4) is 0 Å². The molecule has 0 saturated heterocycles. The maximum absolute atomic E-state index is 6.04. The monoisotopic (exact) mass is 414 g/mol. The lowest BCUT2D eigenvalue weighted by Gasteiger charge is -2.16. The van der Waals surface area contributed by atoms with Gasteiger partial charge < -0.3 is 25.1 Å². The Hall–Kier alpha value is -3.51. The van der Waals surface area contributed by atoms with Crippen LogP contribution in [0.1, 0.15) is 11.3 Å². The first kappa shape index (κ1) is 18.5. The van der Waals surface area contributed by atoms with Crippen LogP contribution in [0.5, 0.6) is 0 Å². The maximum Gasteiger partial charge on any atom is 0.248 e. The third kappa shape index (κ3) is 4.23. The summed E-state index contributed by atoms with van der Waals surface area (Å²) in [5.74, 6) is 1.69. The SMILES string of the molecule is C1=C(c2cc3ccccc3[nH]2)OC(Nc2cccc(NSCc3ccccc3)c2)N1. The van der Waals surface area contributed by atoms with Gasteiger partial charge in [-0.1, -0.05) is 54.6 Å². The second-order valence-corrected chi connectivity index (χ2v) is 7.83. The lowest BCUT2D eigenvalue weighted by atomic mass is 10.2. The predicted molar refractivity (Wildman–Crippen MR) is 126 cm³/mol. The van der Waals surface area contributed by atoms with Crippen molar-refractivity contribution in [3.05, 3.63) is 102 Å². The van der Waals surface area contributed by atoms with Crippen LogP contribution in [0.15, 0.2) is 91.1 Å². The summed E-state index contributed by atoms with van der Waals surface area (Å²) in [5.41, 5.74) is 5.37. The van der Waals surface area contributed by atoms with Crippen LogP contribution < -0.4 is 15.4 Å². The fourth-order valence-corrected chi connectivity index (χ4v) is 4.09. The van der Waals surface area contributed by atoms with Gasteiger partial charge in [0.15, 0.2) is 5.76 Å². The molecule has 1 aliphatic heterocycles. The number of aromatic nitrogens is 1. The van der Waals surface area contributed by atoms with Gasteiger partial charge in [0.05, 0.1) is 5.69 Å². The van der Waals surface area contributed by atoms with Crippen LogP contribution in [0.4, 0.5) is 11.4 Å². The van der Waals surface area contributed by atoms with Crippen LogP contribution in [-0.2, 0) is 10.5 Å². The van der Waals surface area contributed by atoms with Crippen LogP contribution in [-0.4, -0.2) is 11.3 Å². The molecular formula is C24H22N4OS. The molecule has 5 nitrogen and oxygen atoms in total. The van der Waals surface area contributed by atoms with Gasteiger partial charge in [0.1, 0.15) is 0 Å². The van der Waals surface area contributed by atoms with Crippen LogP contribution in [0, 0.1) is 0 Å². The number of para-hydroxylation sites is 1. The van der Waals surface area contributed by atoms with Gasteiger partial charge in [-0.15, -0.1) is 0 Å². The summed E-state index contributed by atoms with van der Waals surface area (Å²) in [6.45, 7) is 0. The van der Waals surface area contributed by atoms with Crippen molar-refractivity contribution >= 4 is 40.0 Å². The molecular weight excluding hydrogens is 392 g/mol. The number of hydrogen-bond donors (Lipinski definition) is 4. The Kier molecular flexibility index (Phi) is 5.23. The molecule has 150 valence electrons. The Morgan fingerprint density at radius 2 is 1.70 bits per heavy atom. The fourth-order valence-electron chi connectivity index (χ4n) is 3.37. The van der Waals surface area contributed by atoms with Crippen molar-refractivity contribution in [2.75, 3.05) is 10.0 Å². The molecule has 30 heavy (non-hydrogen) atoms. The molecule has 4 N–H and O–H groups in total. The number of rotatable bonds is 7. The van der Waals surface area contributed by atoms with Crippen molar-refractivity contribution in [2.24, 2.45) is 0 Å². The van der Waals surface area contributed by atoms with E-state index in [1.807, 2.05) is 36.5 Å². The highest BCUT2D eigenvalue weighted by atomic mass is 32.2. The first-order valence-corrected chi connectivity index (χ1v) is 10.8. The van der Waals surface area contributed by atoms with E-state index in [2.05, 4.69) is 74.9 Å².